The third-order valence-electron chi connectivity index (χ3n) is 2.71. The molecule has 1 N–H and O–H groups in total. The van der Waals surface area contributed by atoms with Gasteiger partial charge in [0.1, 0.15) is 0 Å². The van der Waals surface area contributed by atoms with Crippen LogP contribution in [0.5, 0.6) is 0 Å². The summed E-state index contributed by atoms with van der Waals surface area (Å²) in [5.41, 5.74) is 0. The summed E-state index contributed by atoms with van der Waals surface area (Å²) in [6, 6.07) is 0.659. The van der Waals surface area contributed by atoms with E-state index in [2.05, 4.69) is 4.90 Å². The summed E-state index contributed by atoms with van der Waals surface area (Å²) in [7, 11) is 0.500. The molecule has 2 heterocycles. The molecule has 2 rings (SSSR count). The number of hydrogen-bond donors (Lipinski definition) is 1. The molecule has 2 saturated heterocycles. The molecule has 0 spiro atoms. The van der Waals surface area contributed by atoms with Crippen molar-refractivity contribution in [1.82, 2.24) is 4.90 Å². The Hall–Kier alpha value is -0.190. The highest BCUT2D eigenvalue weighted by atomic mass is 19.1. The molecule has 0 radical (unpaired) electrons. The van der Waals surface area contributed by atoms with Crippen LogP contribution in [0.2, 0.25) is 0 Å². The third-order valence-corrected chi connectivity index (χ3v) is 2.71. The van der Waals surface area contributed by atoms with Crippen molar-refractivity contribution in [2.45, 2.75) is 26.3 Å². The number of aliphatic hydroxyl groups excluding tert-OH is 1. The molecule has 0 aromatic heterocycles. The normalized spacial score (nSPS) is 25.8. The van der Waals surface area contributed by atoms with Gasteiger partial charge >= 0.3 is 0 Å². The van der Waals surface area contributed by atoms with Crippen LogP contribution in [-0.2, 0) is 4.74 Å². The lowest BCUT2D eigenvalue weighted by molar-refractivity contribution is -0.0585. The molecular weight excluding hydrogens is 197 g/mol. The van der Waals surface area contributed by atoms with Gasteiger partial charge in [-0.2, -0.15) is 0 Å². The number of nitrogens with zero attached hydrogens (tertiary/aromatic N) is 1. The summed E-state index contributed by atoms with van der Waals surface area (Å²) >= 11 is 0. The van der Waals surface area contributed by atoms with Gasteiger partial charge in [0.05, 0.1) is 26.4 Å². The fourth-order valence-corrected chi connectivity index (χ4v) is 1.78. The highest BCUT2D eigenvalue weighted by Crippen LogP contribution is 2.21. The molecule has 0 aliphatic carbocycles. The van der Waals surface area contributed by atoms with Crippen molar-refractivity contribution >= 4 is 0 Å². The second kappa shape index (κ2) is 9.07. The number of hydrogen-bond acceptors (Lipinski definition) is 3. The fourth-order valence-electron chi connectivity index (χ4n) is 1.78. The van der Waals surface area contributed by atoms with Gasteiger partial charge in [0, 0.05) is 13.2 Å². The van der Waals surface area contributed by atoms with Gasteiger partial charge in [0.25, 0.3) is 0 Å². The zero-order chi connectivity index (χ0) is 11.7. The van der Waals surface area contributed by atoms with Crippen LogP contribution in [0.25, 0.3) is 0 Å². The number of rotatable bonds is 2. The van der Waals surface area contributed by atoms with E-state index in [1.165, 1.54) is 0 Å². The summed E-state index contributed by atoms with van der Waals surface area (Å²) < 4.78 is 14.6. The number of halogens is 1. The van der Waals surface area contributed by atoms with Crippen LogP contribution in [-0.4, -0.2) is 56.1 Å². The molecule has 3 nitrogen and oxygen atoms in total. The van der Waals surface area contributed by atoms with E-state index in [1.54, 1.807) is 0 Å². The monoisotopic (exact) mass is 221 g/mol. The van der Waals surface area contributed by atoms with E-state index in [0.717, 1.165) is 32.7 Å². The second-order valence-electron chi connectivity index (χ2n) is 3.52. The maximum Gasteiger partial charge on any atom is 0.0785 e. The van der Waals surface area contributed by atoms with Gasteiger partial charge in [-0.25, -0.2) is 0 Å². The first-order chi connectivity index (χ1) is 7.40. The molecule has 2 fully saturated rings. The first kappa shape index (κ1) is 14.8. The van der Waals surface area contributed by atoms with Crippen LogP contribution in [0.4, 0.5) is 4.39 Å². The molecule has 0 bridgehead atoms. The molecule has 1 atom stereocenters. The van der Waals surface area contributed by atoms with Crippen LogP contribution < -0.4 is 0 Å². The summed E-state index contributed by atoms with van der Waals surface area (Å²) in [5, 5.41) is 8.90. The molecule has 2 aliphatic heterocycles. The van der Waals surface area contributed by atoms with Crippen molar-refractivity contribution < 1.29 is 14.2 Å². The number of likely N-dealkylation sites (tertiary alicyclic amines) is 1. The Morgan fingerprint density at radius 2 is 1.93 bits per heavy atom. The summed E-state index contributed by atoms with van der Waals surface area (Å²) in [6.45, 7) is 8.38. The van der Waals surface area contributed by atoms with Crippen molar-refractivity contribution in [2.24, 2.45) is 5.92 Å². The molecule has 2 aliphatic rings. The van der Waals surface area contributed by atoms with E-state index in [9.17, 15) is 4.39 Å². The third kappa shape index (κ3) is 4.45. The summed E-state index contributed by atoms with van der Waals surface area (Å²) in [5.74, 6) is 0.524. The van der Waals surface area contributed by atoms with E-state index in [0.29, 0.717) is 25.7 Å². The van der Waals surface area contributed by atoms with Crippen LogP contribution in [0.3, 0.4) is 0 Å². The lowest BCUT2D eigenvalue weighted by atomic mass is 10.1. The zero-order valence-electron chi connectivity index (χ0n) is 10.1. The Kier molecular flexibility index (Phi) is 8.95. The van der Waals surface area contributed by atoms with Crippen LogP contribution >= 0.6 is 0 Å². The minimum Gasteiger partial charge on any atom is -0.396 e. The highest BCUT2D eigenvalue weighted by Gasteiger charge is 2.31. The van der Waals surface area contributed by atoms with Gasteiger partial charge in [-0.1, -0.05) is 13.8 Å². The van der Waals surface area contributed by atoms with Gasteiger partial charge in [-0.15, -0.1) is 0 Å². The molecule has 4 heteroatoms. The van der Waals surface area contributed by atoms with Crippen molar-refractivity contribution in [2.75, 3.05) is 40.1 Å². The summed E-state index contributed by atoms with van der Waals surface area (Å²) in [6.07, 6.45) is 1.16. The van der Waals surface area contributed by atoms with Crippen LogP contribution in [0.1, 0.15) is 20.3 Å². The molecule has 0 aromatic carbocycles. The minimum atomic E-state index is 0.351. The van der Waals surface area contributed by atoms with Gasteiger partial charge in [0.15, 0.2) is 0 Å². The first-order valence-electron chi connectivity index (χ1n) is 5.70. The van der Waals surface area contributed by atoms with Crippen molar-refractivity contribution in [1.29, 1.82) is 0 Å². The average Bonchev–Trinajstić information content (AvgIpc) is 2.70. The molecule has 0 aromatic rings. The fraction of sp³-hybridized carbons (Fsp3) is 1.00. The van der Waals surface area contributed by atoms with Gasteiger partial charge in [-0.3, -0.25) is 9.29 Å². The number of alkyl halides is 1. The van der Waals surface area contributed by atoms with E-state index in [-0.39, 0.29) is 0 Å². The van der Waals surface area contributed by atoms with Crippen molar-refractivity contribution in [3.8, 4) is 0 Å². The SMILES string of the molecule is CC.CF.OC[C@@H]1CCN(C2COC2)C1. The Balaban J connectivity index is 0.000000442. The molecule has 15 heavy (non-hydrogen) atoms. The summed E-state index contributed by atoms with van der Waals surface area (Å²) in [4.78, 5) is 2.43. The molecular formula is C11H24FNO2. The Bertz CT molecular complexity index is 143. The van der Waals surface area contributed by atoms with Crippen molar-refractivity contribution in [3.05, 3.63) is 0 Å². The smallest absolute Gasteiger partial charge is 0.0785 e. The molecule has 0 amide bonds. The van der Waals surface area contributed by atoms with Gasteiger partial charge in [-0.05, 0) is 18.9 Å². The largest absolute Gasteiger partial charge is 0.396 e. The second-order valence-corrected chi connectivity index (χ2v) is 3.52. The van der Waals surface area contributed by atoms with E-state index >= 15 is 0 Å². The molecule has 0 unspecified atom stereocenters. The zero-order valence-corrected chi connectivity index (χ0v) is 10.1. The predicted octanol–water partition coefficient (Wildman–Crippen LogP) is 1.31. The number of ether oxygens (including phenoxy) is 1. The van der Waals surface area contributed by atoms with Crippen LogP contribution in [0.15, 0.2) is 0 Å². The van der Waals surface area contributed by atoms with Gasteiger partial charge < -0.3 is 9.84 Å². The van der Waals surface area contributed by atoms with E-state index < -0.39 is 0 Å². The lowest BCUT2D eigenvalue weighted by Gasteiger charge is -2.34. The van der Waals surface area contributed by atoms with Gasteiger partial charge in [0.2, 0.25) is 0 Å². The van der Waals surface area contributed by atoms with Crippen LogP contribution in [0, 0.1) is 5.92 Å². The maximum atomic E-state index is 9.50. The standard InChI is InChI=1S/C8H15NO2.C2H6.CH3F/c10-4-7-1-2-9(3-7)8-5-11-6-8;2*1-2/h7-8,10H,1-6H2;1-2H3;1H3/t7-;;/m1../s1. The lowest BCUT2D eigenvalue weighted by Crippen LogP contribution is -2.47. The topological polar surface area (TPSA) is 32.7 Å². The molecule has 0 saturated carbocycles. The quantitative estimate of drug-likeness (QED) is 0.763. The Labute approximate surface area is 92.2 Å². The number of aliphatic hydroxyl groups is 1. The molecule has 92 valence electrons. The maximum absolute atomic E-state index is 9.50. The minimum absolute atomic E-state index is 0.351. The Morgan fingerprint density at radius 1 is 1.33 bits per heavy atom. The first-order valence-corrected chi connectivity index (χ1v) is 5.70. The van der Waals surface area contributed by atoms with Crippen molar-refractivity contribution in [3.63, 3.8) is 0 Å². The van der Waals surface area contributed by atoms with E-state index in [1.807, 2.05) is 13.8 Å². The predicted molar refractivity (Wildman–Crippen MR) is 59.8 cm³/mol. The highest BCUT2D eigenvalue weighted by molar-refractivity contribution is 4.84. The Morgan fingerprint density at radius 3 is 2.27 bits per heavy atom. The van der Waals surface area contributed by atoms with E-state index in [4.69, 9.17) is 9.84 Å². The average molecular weight is 221 g/mol.